The highest BCUT2D eigenvalue weighted by molar-refractivity contribution is 5.28. The van der Waals surface area contributed by atoms with Crippen LogP contribution < -0.4 is 10.1 Å². The minimum absolute atomic E-state index is 0.346. The highest BCUT2D eigenvalue weighted by Gasteiger charge is 2.06. The summed E-state index contributed by atoms with van der Waals surface area (Å²) in [7, 11) is 1.65. The van der Waals surface area contributed by atoms with Crippen molar-refractivity contribution in [3.63, 3.8) is 0 Å². The lowest BCUT2D eigenvalue weighted by Crippen LogP contribution is -2.30. The Morgan fingerprint density at radius 1 is 1.29 bits per heavy atom. The van der Waals surface area contributed by atoms with E-state index in [4.69, 9.17) is 4.74 Å². The van der Waals surface area contributed by atoms with Crippen LogP contribution in [0.25, 0.3) is 0 Å². The van der Waals surface area contributed by atoms with Crippen LogP contribution in [0.15, 0.2) is 24.3 Å². The summed E-state index contributed by atoms with van der Waals surface area (Å²) in [4.78, 5) is 0. The molecule has 0 saturated carbocycles. The van der Waals surface area contributed by atoms with Crippen molar-refractivity contribution in [3.8, 4) is 5.75 Å². The van der Waals surface area contributed by atoms with Crippen molar-refractivity contribution < 1.29 is 9.84 Å². The zero-order chi connectivity index (χ0) is 12.7. The monoisotopic (exact) mass is 237 g/mol. The van der Waals surface area contributed by atoms with Crippen LogP contribution >= 0.6 is 0 Å². The van der Waals surface area contributed by atoms with Gasteiger partial charge in [0.2, 0.25) is 0 Å². The maximum absolute atomic E-state index is 9.88. The van der Waals surface area contributed by atoms with Gasteiger partial charge in [0, 0.05) is 6.54 Å². The smallest absolute Gasteiger partial charge is 0.119 e. The average molecular weight is 237 g/mol. The van der Waals surface area contributed by atoms with E-state index < -0.39 is 0 Å². The highest BCUT2D eigenvalue weighted by atomic mass is 16.5. The second kappa shape index (κ2) is 7.30. The number of hydrogen-bond donors (Lipinski definition) is 2. The van der Waals surface area contributed by atoms with Crippen molar-refractivity contribution in [1.82, 2.24) is 5.32 Å². The van der Waals surface area contributed by atoms with Crippen LogP contribution in [0.4, 0.5) is 0 Å². The summed E-state index contributed by atoms with van der Waals surface area (Å²) in [5, 5.41) is 13.1. The fourth-order valence-corrected chi connectivity index (χ4v) is 1.68. The SMILES string of the molecule is COc1cccc(CC(O)CNCC(C)C)c1. The molecule has 0 aliphatic heterocycles. The minimum Gasteiger partial charge on any atom is -0.497 e. The van der Waals surface area contributed by atoms with Crippen LogP contribution in [0, 0.1) is 5.92 Å². The van der Waals surface area contributed by atoms with E-state index in [1.54, 1.807) is 7.11 Å². The van der Waals surface area contributed by atoms with Gasteiger partial charge in [0.05, 0.1) is 13.2 Å². The summed E-state index contributed by atoms with van der Waals surface area (Å²) in [6.07, 6.45) is 0.309. The van der Waals surface area contributed by atoms with E-state index in [0.717, 1.165) is 17.9 Å². The molecule has 0 aromatic heterocycles. The Balaban J connectivity index is 2.36. The first-order chi connectivity index (χ1) is 8.11. The molecule has 0 fully saturated rings. The van der Waals surface area contributed by atoms with Gasteiger partial charge in [-0.1, -0.05) is 26.0 Å². The molecule has 1 atom stereocenters. The number of ether oxygens (including phenoxy) is 1. The van der Waals surface area contributed by atoms with Crippen molar-refractivity contribution >= 4 is 0 Å². The number of aliphatic hydroxyl groups is 1. The number of nitrogens with one attached hydrogen (secondary N) is 1. The average Bonchev–Trinajstić information content (AvgIpc) is 2.28. The van der Waals surface area contributed by atoms with Crippen LogP contribution in [-0.2, 0) is 6.42 Å². The first-order valence-electron chi connectivity index (χ1n) is 6.13. The first kappa shape index (κ1) is 14.0. The van der Waals surface area contributed by atoms with Gasteiger partial charge in [-0.25, -0.2) is 0 Å². The molecule has 0 aliphatic carbocycles. The predicted octanol–water partition coefficient (Wildman–Crippen LogP) is 1.84. The zero-order valence-electron chi connectivity index (χ0n) is 10.9. The Morgan fingerprint density at radius 3 is 2.71 bits per heavy atom. The second-order valence-electron chi connectivity index (χ2n) is 4.76. The molecule has 17 heavy (non-hydrogen) atoms. The molecule has 96 valence electrons. The summed E-state index contributed by atoms with van der Waals surface area (Å²) >= 11 is 0. The Hall–Kier alpha value is -1.06. The standard InChI is InChI=1S/C14H23NO2/c1-11(2)9-15-10-13(16)7-12-5-4-6-14(8-12)17-3/h4-6,8,11,13,15-16H,7,9-10H2,1-3H3. The molecule has 3 nitrogen and oxygen atoms in total. The number of benzene rings is 1. The Kier molecular flexibility index (Phi) is 6.01. The lowest BCUT2D eigenvalue weighted by atomic mass is 10.1. The van der Waals surface area contributed by atoms with Crippen LogP contribution in [0.3, 0.4) is 0 Å². The van der Waals surface area contributed by atoms with E-state index in [9.17, 15) is 5.11 Å². The number of methoxy groups -OCH3 is 1. The van der Waals surface area contributed by atoms with Crippen LogP contribution in [0.5, 0.6) is 5.75 Å². The van der Waals surface area contributed by atoms with Crippen LogP contribution in [0.2, 0.25) is 0 Å². The quantitative estimate of drug-likeness (QED) is 0.760. The van der Waals surface area contributed by atoms with Gasteiger partial charge in [0.25, 0.3) is 0 Å². The maximum Gasteiger partial charge on any atom is 0.119 e. The molecule has 1 aromatic rings. The van der Waals surface area contributed by atoms with Gasteiger partial charge in [-0.2, -0.15) is 0 Å². The molecule has 0 aliphatic rings. The molecule has 1 unspecified atom stereocenters. The molecule has 1 aromatic carbocycles. The molecule has 3 heteroatoms. The van der Waals surface area contributed by atoms with E-state index in [0.29, 0.717) is 18.9 Å². The third-order valence-corrected chi connectivity index (χ3v) is 2.54. The summed E-state index contributed by atoms with van der Waals surface area (Å²) in [6, 6.07) is 7.83. The fourth-order valence-electron chi connectivity index (χ4n) is 1.68. The van der Waals surface area contributed by atoms with E-state index in [1.165, 1.54) is 0 Å². The summed E-state index contributed by atoms with van der Waals surface area (Å²) in [5.74, 6) is 1.45. The van der Waals surface area contributed by atoms with Crippen molar-refractivity contribution in [3.05, 3.63) is 29.8 Å². The molecule has 0 saturated heterocycles. The third-order valence-electron chi connectivity index (χ3n) is 2.54. The number of hydrogen-bond acceptors (Lipinski definition) is 3. The van der Waals surface area contributed by atoms with Crippen molar-refractivity contribution in [1.29, 1.82) is 0 Å². The molecule has 0 radical (unpaired) electrons. The van der Waals surface area contributed by atoms with Gasteiger partial charge in [0.15, 0.2) is 0 Å². The lowest BCUT2D eigenvalue weighted by molar-refractivity contribution is 0.170. The topological polar surface area (TPSA) is 41.5 Å². The van der Waals surface area contributed by atoms with E-state index in [-0.39, 0.29) is 6.10 Å². The molecule has 0 heterocycles. The van der Waals surface area contributed by atoms with Crippen LogP contribution in [0.1, 0.15) is 19.4 Å². The van der Waals surface area contributed by atoms with Gasteiger partial charge in [-0.3, -0.25) is 0 Å². The normalized spacial score (nSPS) is 12.8. The fraction of sp³-hybridized carbons (Fsp3) is 0.571. The second-order valence-corrected chi connectivity index (χ2v) is 4.76. The van der Waals surface area contributed by atoms with Gasteiger partial charge in [-0.15, -0.1) is 0 Å². The molecule has 0 spiro atoms. The van der Waals surface area contributed by atoms with E-state index in [2.05, 4.69) is 19.2 Å². The van der Waals surface area contributed by atoms with Crippen molar-refractivity contribution in [2.24, 2.45) is 5.92 Å². The maximum atomic E-state index is 9.88. The molecular formula is C14H23NO2. The zero-order valence-corrected chi connectivity index (χ0v) is 10.9. The molecular weight excluding hydrogens is 214 g/mol. The third kappa shape index (κ3) is 5.71. The number of aliphatic hydroxyl groups excluding tert-OH is 1. The summed E-state index contributed by atoms with van der Waals surface area (Å²) in [5.41, 5.74) is 1.10. The van der Waals surface area contributed by atoms with Gasteiger partial charge < -0.3 is 15.2 Å². The number of rotatable bonds is 7. The predicted molar refractivity (Wildman–Crippen MR) is 70.4 cm³/mol. The molecule has 0 bridgehead atoms. The van der Waals surface area contributed by atoms with Crippen molar-refractivity contribution in [2.75, 3.05) is 20.2 Å². The van der Waals surface area contributed by atoms with Gasteiger partial charge in [0.1, 0.15) is 5.75 Å². The highest BCUT2D eigenvalue weighted by Crippen LogP contribution is 2.13. The Labute approximate surface area is 104 Å². The lowest BCUT2D eigenvalue weighted by Gasteiger charge is -2.13. The van der Waals surface area contributed by atoms with E-state index >= 15 is 0 Å². The van der Waals surface area contributed by atoms with E-state index in [1.807, 2.05) is 24.3 Å². The minimum atomic E-state index is -0.346. The Bertz CT molecular complexity index is 326. The largest absolute Gasteiger partial charge is 0.497 e. The van der Waals surface area contributed by atoms with Gasteiger partial charge >= 0.3 is 0 Å². The van der Waals surface area contributed by atoms with Crippen LogP contribution in [-0.4, -0.2) is 31.4 Å². The molecule has 2 N–H and O–H groups in total. The molecule has 0 amide bonds. The van der Waals surface area contributed by atoms with Crippen molar-refractivity contribution in [2.45, 2.75) is 26.4 Å². The summed E-state index contributed by atoms with van der Waals surface area (Å²) in [6.45, 7) is 5.88. The van der Waals surface area contributed by atoms with Gasteiger partial charge in [-0.05, 0) is 36.6 Å². The first-order valence-corrected chi connectivity index (χ1v) is 6.13. The summed E-state index contributed by atoms with van der Waals surface area (Å²) < 4.78 is 5.15. The molecule has 1 rings (SSSR count). The Morgan fingerprint density at radius 2 is 2.06 bits per heavy atom.